The highest BCUT2D eigenvalue weighted by atomic mass is 127. The lowest BCUT2D eigenvalue weighted by molar-refractivity contribution is 0.321. The molecule has 1 atom stereocenters. The topological polar surface area (TPSA) is 12.0 Å². The van der Waals surface area contributed by atoms with E-state index in [-0.39, 0.29) is 0 Å². The van der Waals surface area contributed by atoms with Crippen molar-refractivity contribution in [3.05, 3.63) is 63.7 Å². The van der Waals surface area contributed by atoms with Crippen LogP contribution in [0.2, 0.25) is 0 Å². The van der Waals surface area contributed by atoms with Crippen LogP contribution in [0.1, 0.15) is 43.7 Å². The zero-order chi connectivity index (χ0) is 14.5. The first-order valence-electron chi connectivity index (χ1n) is 7.90. The molecule has 0 heterocycles. The van der Waals surface area contributed by atoms with Gasteiger partial charge in [-0.15, -0.1) is 0 Å². The van der Waals surface area contributed by atoms with Gasteiger partial charge in [-0.05, 0) is 65.1 Å². The third-order valence-electron chi connectivity index (χ3n) is 4.43. The zero-order valence-electron chi connectivity index (χ0n) is 12.3. The number of rotatable bonds is 4. The molecule has 0 spiro atoms. The van der Waals surface area contributed by atoms with Gasteiger partial charge in [0.1, 0.15) is 0 Å². The van der Waals surface area contributed by atoms with Crippen LogP contribution >= 0.6 is 22.6 Å². The van der Waals surface area contributed by atoms with E-state index < -0.39 is 0 Å². The number of benzene rings is 2. The quantitative estimate of drug-likeness (QED) is 0.628. The van der Waals surface area contributed by atoms with Gasteiger partial charge in [-0.25, -0.2) is 0 Å². The fourth-order valence-corrected chi connectivity index (χ4v) is 3.90. The fourth-order valence-electron chi connectivity index (χ4n) is 3.36. The lowest BCUT2D eigenvalue weighted by Crippen LogP contribution is -2.23. The number of hydrogen-bond donors (Lipinski definition) is 1. The maximum Gasteiger partial charge on any atom is 0.0542 e. The smallest absolute Gasteiger partial charge is 0.0542 e. The van der Waals surface area contributed by atoms with Crippen molar-refractivity contribution in [1.29, 1.82) is 0 Å². The molecule has 0 radical (unpaired) electrons. The number of nitrogens with one attached hydrogen (secondary N) is 1. The maximum atomic E-state index is 3.80. The zero-order valence-corrected chi connectivity index (χ0v) is 14.4. The summed E-state index contributed by atoms with van der Waals surface area (Å²) in [5, 5.41) is 3.80. The van der Waals surface area contributed by atoms with Crippen molar-refractivity contribution in [2.45, 2.75) is 38.1 Å². The molecule has 3 rings (SSSR count). The van der Waals surface area contributed by atoms with Crippen molar-refractivity contribution in [3.8, 4) is 0 Å². The normalized spacial score (nSPS) is 17.4. The van der Waals surface area contributed by atoms with E-state index in [1.54, 1.807) is 0 Å². The molecule has 0 aliphatic heterocycles. The van der Waals surface area contributed by atoms with Crippen molar-refractivity contribution >= 4 is 28.3 Å². The van der Waals surface area contributed by atoms with Crippen LogP contribution in [-0.4, -0.2) is 0 Å². The third-order valence-corrected chi connectivity index (χ3v) is 5.10. The Labute approximate surface area is 141 Å². The van der Waals surface area contributed by atoms with E-state index in [0.29, 0.717) is 6.04 Å². The summed E-state index contributed by atoms with van der Waals surface area (Å²) in [6.45, 7) is 0. The first kappa shape index (κ1) is 14.9. The third kappa shape index (κ3) is 4.00. The largest absolute Gasteiger partial charge is 0.378 e. The number of anilines is 1. The van der Waals surface area contributed by atoms with Crippen LogP contribution in [0.25, 0.3) is 0 Å². The molecular weight excluding hydrogens is 369 g/mol. The summed E-state index contributed by atoms with van der Waals surface area (Å²) >= 11 is 2.38. The highest BCUT2D eigenvalue weighted by Crippen LogP contribution is 2.36. The summed E-state index contributed by atoms with van der Waals surface area (Å²) in [6.07, 6.45) is 6.85. The van der Waals surface area contributed by atoms with Gasteiger partial charge in [0.2, 0.25) is 0 Å². The molecule has 2 heteroatoms. The molecule has 1 saturated carbocycles. The standard InChI is InChI=1S/C19H22IN/c20-17-12-7-13-18(14-17)21-19(15-8-3-1-4-9-15)16-10-5-2-6-11-16/h1,3-4,7-9,12-14,16,19,21H,2,5-6,10-11H2. The molecule has 110 valence electrons. The van der Waals surface area contributed by atoms with E-state index in [0.717, 1.165) is 5.92 Å². The lowest BCUT2D eigenvalue weighted by atomic mass is 9.81. The minimum absolute atomic E-state index is 0.435. The Bertz CT molecular complexity index is 561. The van der Waals surface area contributed by atoms with Crippen LogP contribution in [0.15, 0.2) is 54.6 Å². The van der Waals surface area contributed by atoms with Gasteiger partial charge in [0.25, 0.3) is 0 Å². The minimum Gasteiger partial charge on any atom is -0.378 e. The first-order valence-corrected chi connectivity index (χ1v) is 8.98. The molecule has 1 aliphatic carbocycles. The van der Waals surface area contributed by atoms with E-state index in [4.69, 9.17) is 0 Å². The fraction of sp³-hybridized carbons (Fsp3) is 0.368. The summed E-state index contributed by atoms with van der Waals surface area (Å²) in [7, 11) is 0. The second-order valence-electron chi connectivity index (χ2n) is 5.94. The monoisotopic (exact) mass is 391 g/mol. The van der Waals surface area contributed by atoms with E-state index in [1.807, 2.05) is 0 Å². The summed E-state index contributed by atoms with van der Waals surface area (Å²) in [5.74, 6) is 0.749. The molecule has 2 aromatic rings. The Morgan fingerprint density at radius 1 is 0.905 bits per heavy atom. The second-order valence-corrected chi connectivity index (χ2v) is 7.19. The Morgan fingerprint density at radius 3 is 2.38 bits per heavy atom. The molecule has 21 heavy (non-hydrogen) atoms. The van der Waals surface area contributed by atoms with Crippen LogP contribution in [0, 0.1) is 9.49 Å². The van der Waals surface area contributed by atoms with Gasteiger partial charge in [-0.1, -0.05) is 55.7 Å². The average molecular weight is 391 g/mol. The van der Waals surface area contributed by atoms with Gasteiger partial charge in [0.15, 0.2) is 0 Å². The van der Waals surface area contributed by atoms with E-state index in [2.05, 4.69) is 82.5 Å². The van der Waals surface area contributed by atoms with Gasteiger partial charge in [-0.3, -0.25) is 0 Å². The average Bonchev–Trinajstić information content (AvgIpc) is 2.54. The van der Waals surface area contributed by atoms with Gasteiger partial charge in [-0.2, -0.15) is 0 Å². The predicted octanol–water partition coefficient (Wildman–Crippen LogP) is 6.02. The minimum atomic E-state index is 0.435. The molecule has 1 unspecified atom stereocenters. The Balaban J connectivity index is 1.85. The molecule has 1 aliphatic rings. The Morgan fingerprint density at radius 2 is 1.67 bits per heavy atom. The highest BCUT2D eigenvalue weighted by molar-refractivity contribution is 14.1. The molecule has 1 N–H and O–H groups in total. The van der Waals surface area contributed by atoms with Gasteiger partial charge >= 0.3 is 0 Å². The van der Waals surface area contributed by atoms with E-state index in [1.165, 1.54) is 46.9 Å². The van der Waals surface area contributed by atoms with Crippen LogP contribution in [0.3, 0.4) is 0 Å². The SMILES string of the molecule is Ic1cccc(NC(c2ccccc2)C2CCCCC2)c1. The molecule has 0 bridgehead atoms. The summed E-state index contributed by atoms with van der Waals surface area (Å²) < 4.78 is 1.29. The molecule has 0 aromatic heterocycles. The first-order chi connectivity index (χ1) is 10.3. The molecule has 0 saturated heterocycles. The van der Waals surface area contributed by atoms with Crippen molar-refractivity contribution in [3.63, 3.8) is 0 Å². The predicted molar refractivity (Wildman–Crippen MR) is 98.5 cm³/mol. The van der Waals surface area contributed by atoms with Crippen molar-refractivity contribution in [2.75, 3.05) is 5.32 Å². The highest BCUT2D eigenvalue weighted by Gasteiger charge is 2.24. The van der Waals surface area contributed by atoms with Crippen molar-refractivity contribution in [2.24, 2.45) is 5.92 Å². The summed E-state index contributed by atoms with van der Waals surface area (Å²) in [5.41, 5.74) is 2.66. The van der Waals surface area contributed by atoms with Gasteiger partial charge < -0.3 is 5.32 Å². The molecule has 2 aromatic carbocycles. The second kappa shape index (κ2) is 7.30. The lowest BCUT2D eigenvalue weighted by Gasteiger charge is -2.32. The number of halogens is 1. The Hall–Kier alpha value is -1.03. The van der Waals surface area contributed by atoms with E-state index >= 15 is 0 Å². The molecular formula is C19H22IN. The van der Waals surface area contributed by atoms with Gasteiger partial charge in [0, 0.05) is 9.26 Å². The molecule has 1 fully saturated rings. The molecule has 0 amide bonds. The van der Waals surface area contributed by atoms with Crippen LogP contribution in [-0.2, 0) is 0 Å². The van der Waals surface area contributed by atoms with Crippen LogP contribution in [0.5, 0.6) is 0 Å². The van der Waals surface area contributed by atoms with Gasteiger partial charge in [0.05, 0.1) is 6.04 Å². The maximum absolute atomic E-state index is 3.80. The summed E-state index contributed by atoms with van der Waals surface area (Å²) in [4.78, 5) is 0. The van der Waals surface area contributed by atoms with Crippen molar-refractivity contribution in [1.82, 2.24) is 0 Å². The van der Waals surface area contributed by atoms with Crippen LogP contribution in [0.4, 0.5) is 5.69 Å². The molecule has 1 nitrogen and oxygen atoms in total. The van der Waals surface area contributed by atoms with E-state index in [9.17, 15) is 0 Å². The Kier molecular flexibility index (Phi) is 5.17. The summed E-state index contributed by atoms with van der Waals surface area (Å²) in [6, 6.07) is 20.1. The van der Waals surface area contributed by atoms with Crippen LogP contribution < -0.4 is 5.32 Å². The number of hydrogen-bond acceptors (Lipinski definition) is 1. The van der Waals surface area contributed by atoms with Crippen molar-refractivity contribution < 1.29 is 0 Å².